The standard InChI is InChI=1S/C19H26N6O6/c1-23-8-4-12(14(26)18(23)29)16(27)21-6-10-25(20)11-7-22-17(28)13-5-9-24(2)19(30)15(13)31-3/h4-5,8-9,26H,6-7,10-11,20H2,1-3H3,(H,21,27)(H,22,28). The molecule has 0 aliphatic heterocycles. The fourth-order valence-electron chi connectivity index (χ4n) is 2.71. The Morgan fingerprint density at radius 1 is 1.00 bits per heavy atom. The van der Waals surface area contributed by atoms with Gasteiger partial charge in [0, 0.05) is 52.7 Å². The van der Waals surface area contributed by atoms with E-state index in [9.17, 15) is 24.3 Å². The Morgan fingerprint density at radius 2 is 1.48 bits per heavy atom. The molecule has 0 saturated heterocycles. The highest BCUT2D eigenvalue weighted by Gasteiger charge is 2.17. The fraction of sp³-hybridized carbons (Fsp3) is 0.368. The summed E-state index contributed by atoms with van der Waals surface area (Å²) in [6.07, 6.45) is 2.85. The monoisotopic (exact) mass is 434 g/mol. The summed E-state index contributed by atoms with van der Waals surface area (Å²) in [7, 11) is 4.33. The number of nitrogens with one attached hydrogen (secondary N) is 2. The molecule has 0 aliphatic carbocycles. The second-order valence-electron chi connectivity index (χ2n) is 6.72. The molecule has 2 heterocycles. The lowest BCUT2D eigenvalue weighted by molar-refractivity contribution is 0.0944. The number of ether oxygens (including phenoxy) is 1. The van der Waals surface area contributed by atoms with Crippen molar-refractivity contribution in [3.8, 4) is 11.5 Å². The molecule has 2 amide bonds. The van der Waals surface area contributed by atoms with Crippen LogP contribution in [-0.2, 0) is 14.1 Å². The molecule has 168 valence electrons. The predicted octanol–water partition coefficient (Wildman–Crippen LogP) is -1.87. The second-order valence-corrected chi connectivity index (χ2v) is 6.72. The summed E-state index contributed by atoms with van der Waals surface area (Å²) in [5.41, 5.74) is -1.09. The van der Waals surface area contributed by atoms with Crippen molar-refractivity contribution in [2.24, 2.45) is 19.9 Å². The van der Waals surface area contributed by atoms with Crippen molar-refractivity contribution in [3.63, 3.8) is 0 Å². The van der Waals surface area contributed by atoms with Gasteiger partial charge in [-0.2, -0.15) is 0 Å². The van der Waals surface area contributed by atoms with Gasteiger partial charge in [0.05, 0.1) is 18.2 Å². The predicted molar refractivity (Wildman–Crippen MR) is 112 cm³/mol. The van der Waals surface area contributed by atoms with Gasteiger partial charge in [-0.1, -0.05) is 0 Å². The zero-order valence-electron chi connectivity index (χ0n) is 17.5. The minimum absolute atomic E-state index is 0.0474. The summed E-state index contributed by atoms with van der Waals surface area (Å²) in [5, 5.41) is 16.4. The average Bonchev–Trinajstić information content (AvgIpc) is 2.73. The minimum Gasteiger partial charge on any atom is -0.502 e. The van der Waals surface area contributed by atoms with E-state index in [-0.39, 0.29) is 43.1 Å². The number of nitrogens with zero attached hydrogens (tertiary/aromatic N) is 3. The Labute approximate surface area is 177 Å². The third-order valence-corrected chi connectivity index (χ3v) is 4.53. The lowest BCUT2D eigenvalue weighted by atomic mass is 10.2. The van der Waals surface area contributed by atoms with Gasteiger partial charge in [-0.3, -0.25) is 25.0 Å². The Hall–Kier alpha value is -3.64. The summed E-state index contributed by atoms with van der Waals surface area (Å²) in [6, 6.07) is 2.82. The van der Waals surface area contributed by atoms with Crippen molar-refractivity contribution >= 4 is 11.8 Å². The normalized spacial score (nSPS) is 10.7. The van der Waals surface area contributed by atoms with Crippen molar-refractivity contribution in [3.05, 3.63) is 56.4 Å². The Morgan fingerprint density at radius 3 is 2.03 bits per heavy atom. The van der Waals surface area contributed by atoms with E-state index >= 15 is 0 Å². The molecule has 0 bridgehead atoms. The van der Waals surface area contributed by atoms with E-state index in [1.807, 2.05) is 0 Å². The number of rotatable bonds is 9. The number of methoxy groups -OCH3 is 1. The van der Waals surface area contributed by atoms with Gasteiger partial charge in [-0.25, -0.2) is 5.01 Å². The van der Waals surface area contributed by atoms with Gasteiger partial charge in [0.15, 0.2) is 11.5 Å². The molecular formula is C19H26N6O6. The highest BCUT2D eigenvalue weighted by Crippen LogP contribution is 2.11. The van der Waals surface area contributed by atoms with Crippen molar-refractivity contribution in [2.75, 3.05) is 33.3 Å². The maximum atomic E-state index is 12.3. The van der Waals surface area contributed by atoms with Crippen LogP contribution in [0.25, 0.3) is 0 Å². The molecule has 2 rings (SSSR count). The van der Waals surface area contributed by atoms with Crippen LogP contribution >= 0.6 is 0 Å². The highest BCUT2D eigenvalue weighted by atomic mass is 16.5. The Kier molecular flexibility index (Phi) is 7.94. The molecular weight excluding hydrogens is 408 g/mol. The quantitative estimate of drug-likeness (QED) is 0.264. The molecule has 0 aliphatic rings. The molecule has 2 aromatic heterocycles. The first-order chi connectivity index (χ1) is 14.7. The number of aromatic nitrogens is 2. The molecule has 5 N–H and O–H groups in total. The Balaban J connectivity index is 1.80. The number of hydrogen-bond donors (Lipinski definition) is 4. The van der Waals surface area contributed by atoms with Gasteiger partial charge in [-0.15, -0.1) is 0 Å². The third-order valence-electron chi connectivity index (χ3n) is 4.53. The zero-order chi connectivity index (χ0) is 23.1. The molecule has 0 aromatic carbocycles. The molecule has 0 atom stereocenters. The SMILES string of the molecule is COc1c(C(=O)NCCN(N)CCNC(=O)c2ccn(C)c(=O)c2O)ccn(C)c1=O. The lowest BCUT2D eigenvalue weighted by Gasteiger charge is -2.17. The molecule has 31 heavy (non-hydrogen) atoms. The topological polar surface area (TPSA) is 161 Å². The van der Waals surface area contributed by atoms with Gasteiger partial charge in [0.2, 0.25) is 0 Å². The summed E-state index contributed by atoms with van der Waals surface area (Å²) in [5.74, 6) is 4.10. The minimum atomic E-state index is -0.670. The summed E-state index contributed by atoms with van der Waals surface area (Å²) in [4.78, 5) is 48.1. The first-order valence-corrected chi connectivity index (χ1v) is 9.35. The zero-order valence-corrected chi connectivity index (χ0v) is 17.5. The second kappa shape index (κ2) is 10.4. The van der Waals surface area contributed by atoms with Crippen LogP contribution in [0.15, 0.2) is 34.1 Å². The molecule has 2 aromatic rings. The first kappa shape index (κ1) is 23.6. The molecule has 0 fully saturated rings. The van der Waals surface area contributed by atoms with Crippen LogP contribution in [0.1, 0.15) is 20.7 Å². The van der Waals surface area contributed by atoms with Crippen LogP contribution in [0.3, 0.4) is 0 Å². The number of hydrazine groups is 1. The number of pyridine rings is 2. The van der Waals surface area contributed by atoms with E-state index in [1.165, 1.54) is 48.3 Å². The maximum absolute atomic E-state index is 12.3. The highest BCUT2D eigenvalue weighted by molar-refractivity contribution is 5.97. The van der Waals surface area contributed by atoms with E-state index in [0.717, 1.165) is 4.57 Å². The first-order valence-electron chi connectivity index (χ1n) is 9.35. The molecule has 12 nitrogen and oxygen atoms in total. The van der Waals surface area contributed by atoms with Gasteiger partial charge in [0.25, 0.3) is 22.9 Å². The van der Waals surface area contributed by atoms with Crippen LogP contribution in [-0.4, -0.2) is 64.4 Å². The molecule has 0 spiro atoms. The van der Waals surface area contributed by atoms with Crippen molar-refractivity contribution < 1.29 is 19.4 Å². The molecule has 12 heteroatoms. The van der Waals surface area contributed by atoms with Crippen LogP contribution in [0.5, 0.6) is 11.5 Å². The summed E-state index contributed by atoms with van der Waals surface area (Å²) >= 11 is 0. The summed E-state index contributed by atoms with van der Waals surface area (Å²) < 4.78 is 7.49. The van der Waals surface area contributed by atoms with E-state index < -0.39 is 28.7 Å². The number of nitrogens with two attached hydrogens (primary N) is 1. The largest absolute Gasteiger partial charge is 0.502 e. The lowest BCUT2D eigenvalue weighted by Crippen LogP contribution is -2.43. The van der Waals surface area contributed by atoms with Crippen LogP contribution < -0.4 is 32.3 Å². The average molecular weight is 434 g/mol. The molecule has 0 saturated carbocycles. The van der Waals surface area contributed by atoms with E-state index in [4.69, 9.17) is 10.6 Å². The van der Waals surface area contributed by atoms with E-state index in [1.54, 1.807) is 7.05 Å². The smallest absolute Gasteiger partial charge is 0.293 e. The van der Waals surface area contributed by atoms with Crippen molar-refractivity contribution in [1.82, 2.24) is 24.8 Å². The number of aryl methyl sites for hydroxylation is 2. The summed E-state index contributed by atoms with van der Waals surface area (Å²) in [6.45, 7) is 0.867. The number of carbonyl (C=O) groups is 2. The van der Waals surface area contributed by atoms with Gasteiger partial charge in [-0.05, 0) is 12.1 Å². The number of aromatic hydroxyl groups is 1. The van der Waals surface area contributed by atoms with Crippen LogP contribution in [0.2, 0.25) is 0 Å². The van der Waals surface area contributed by atoms with Gasteiger partial charge < -0.3 is 29.6 Å². The van der Waals surface area contributed by atoms with Gasteiger partial charge in [0.1, 0.15) is 0 Å². The third kappa shape index (κ3) is 5.71. The van der Waals surface area contributed by atoms with Crippen molar-refractivity contribution in [1.29, 1.82) is 0 Å². The van der Waals surface area contributed by atoms with Crippen molar-refractivity contribution in [2.45, 2.75) is 0 Å². The molecule has 0 unspecified atom stereocenters. The number of hydrogen-bond acceptors (Lipinski definition) is 8. The fourth-order valence-corrected chi connectivity index (χ4v) is 2.71. The van der Waals surface area contributed by atoms with Gasteiger partial charge >= 0.3 is 0 Å². The Bertz CT molecular complexity index is 1080. The maximum Gasteiger partial charge on any atom is 0.293 e. The van der Waals surface area contributed by atoms with Crippen LogP contribution in [0.4, 0.5) is 0 Å². The number of amides is 2. The number of carbonyl (C=O) groups excluding carboxylic acids is 2. The molecule has 0 radical (unpaired) electrons. The van der Waals surface area contributed by atoms with Crippen LogP contribution in [0, 0.1) is 0 Å². The van der Waals surface area contributed by atoms with E-state index in [0.29, 0.717) is 0 Å². The van der Waals surface area contributed by atoms with E-state index in [2.05, 4.69) is 10.6 Å².